The molecule has 3 aromatic rings. The summed E-state index contributed by atoms with van der Waals surface area (Å²) in [6.45, 7) is 3.19. The highest BCUT2D eigenvalue weighted by molar-refractivity contribution is 5.78. The van der Waals surface area contributed by atoms with Crippen molar-refractivity contribution in [1.82, 2.24) is 0 Å². The van der Waals surface area contributed by atoms with Crippen LogP contribution in [0.5, 0.6) is 5.75 Å². The van der Waals surface area contributed by atoms with Gasteiger partial charge in [0.15, 0.2) is 6.10 Å². The molecule has 0 spiro atoms. The average molecular weight is 445 g/mol. The number of aliphatic carboxylic acids is 1. The third-order valence-electron chi connectivity index (χ3n) is 6.31. The summed E-state index contributed by atoms with van der Waals surface area (Å²) in [6, 6.07) is 25.1. The summed E-state index contributed by atoms with van der Waals surface area (Å²) in [7, 11) is 0. The van der Waals surface area contributed by atoms with Crippen LogP contribution in [0.15, 0.2) is 72.8 Å². The molecule has 0 heterocycles. The van der Waals surface area contributed by atoms with Gasteiger partial charge < -0.3 is 14.6 Å². The molecule has 0 bridgehead atoms. The molecule has 33 heavy (non-hydrogen) atoms. The fraction of sp³-hybridized carbons (Fsp3) is 0.345. The van der Waals surface area contributed by atoms with Crippen molar-refractivity contribution in [3.63, 3.8) is 0 Å². The van der Waals surface area contributed by atoms with Crippen LogP contribution in [0, 0.1) is 0 Å². The first-order valence-electron chi connectivity index (χ1n) is 11.9. The van der Waals surface area contributed by atoms with Gasteiger partial charge in [-0.3, -0.25) is 0 Å². The van der Waals surface area contributed by atoms with E-state index in [1.54, 1.807) is 0 Å². The predicted octanol–water partition coefficient (Wildman–Crippen LogP) is 6.47. The van der Waals surface area contributed by atoms with Gasteiger partial charge in [-0.1, -0.05) is 74.0 Å². The number of fused-ring (bicyclic) bond motifs is 3. The van der Waals surface area contributed by atoms with Gasteiger partial charge in [0.2, 0.25) is 0 Å². The van der Waals surface area contributed by atoms with E-state index in [9.17, 15) is 9.90 Å². The van der Waals surface area contributed by atoms with E-state index >= 15 is 0 Å². The molecule has 0 fully saturated rings. The molecule has 0 aromatic heterocycles. The zero-order chi connectivity index (χ0) is 23.0. The molecular weight excluding hydrogens is 412 g/mol. The van der Waals surface area contributed by atoms with Crippen molar-refractivity contribution in [3.8, 4) is 16.9 Å². The monoisotopic (exact) mass is 444 g/mol. The van der Waals surface area contributed by atoms with Crippen LogP contribution in [0.25, 0.3) is 11.1 Å². The molecule has 1 unspecified atom stereocenters. The van der Waals surface area contributed by atoms with E-state index in [0.29, 0.717) is 25.6 Å². The molecule has 172 valence electrons. The number of benzene rings is 3. The summed E-state index contributed by atoms with van der Waals surface area (Å²) >= 11 is 0. The van der Waals surface area contributed by atoms with Gasteiger partial charge in [0.05, 0.1) is 6.61 Å². The second-order valence-corrected chi connectivity index (χ2v) is 8.62. The lowest BCUT2D eigenvalue weighted by Gasteiger charge is -2.15. The number of carboxylic acids is 1. The van der Waals surface area contributed by atoms with Crippen molar-refractivity contribution in [2.75, 3.05) is 13.2 Å². The maximum atomic E-state index is 11.5. The Morgan fingerprint density at radius 1 is 0.879 bits per heavy atom. The van der Waals surface area contributed by atoms with E-state index in [1.165, 1.54) is 22.3 Å². The minimum absolute atomic E-state index is 0.361. The smallest absolute Gasteiger partial charge is 0.333 e. The Morgan fingerprint density at radius 3 is 2.12 bits per heavy atom. The Morgan fingerprint density at radius 2 is 1.52 bits per heavy atom. The average Bonchev–Trinajstić information content (AvgIpc) is 3.16. The van der Waals surface area contributed by atoms with E-state index in [0.717, 1.165) is 37.0 Å². The van der Waals surface area contributed by atoms with Crippen LogP contribution in [0.2, 0.25) is 0 Å². The molecule has 3 aromatic carbocycles. The summed E-state index contributed by atoms with van der Waals surface area (Å²) < 4.78 is 11.5. The van der Waals surface area contributed by atoms with Crippen molar-refractivity contribution in [1.29, 1.82) is 0 Å². The number of unbranched alkanes of at least 4 members (excludes halogenated alkanes) is 1. The third-order valence-corrected chi connectivity index (χ3v) is 6.31. The molecule has 0 saturated carbocycles. The molecular formula is C29H32O4. The molecule has 0 saturated heterocycles. The first kappa shape index (κ1) is 23.1. The molecule has 4 heteroatoms. The highest BCUT2D eigenvalue weighted by atomic mass is 16.5. The number of hydrogen-bond acceptors (Lipinski definition) is 3. The largest absolute Gasteiger partial charge is 0.494 e. The third kappa shape index (κ3) is 5.63. The van der Waals surface area contributed by atoms with Crippen LogP contribution >= 0.6 is 0 Å². The van der Waals surface area contributed by atoms with Gasteiger partial charge in [-0.05, 0) is 59.2 Å². The number of hydrogen-bond donors (Lipinski definition) is 1. The van der Waals surface area contributed by atoms with E-state index < -0.39 is 12.1 Å². The second-order valence-electron chi connectivity index (χ2n) is 8.62. The van der Waals surface area contributed by atoms with Crippen molar-refractivity contribution in [2.24, 2.45) is 0 Å². The molecule has 0 radical (unpaired) electrons. The predicted molar refractivity (Wildman–Crippen MR) is 131 cm³/mol. The van der Waals surface area contributed by atoms with Gasteiger partial charge in [0.25, 0.3) is 0 Å². The summed E-state index contributed by atoms with van der Waals surface area (Å²) in [5.74, 6) is 0.315. The minimum atomic E-state index is -0.915. The molecule has 0 amide bonds. The van der Waals surface area contributed by atoms with Crippen molar-refractivity contribution < 1.29 is 19.4 Å². The van der Waals surface area contributed by atoms with Crippen LogP contribution in [0.3, 0.4) is 0 Å². The fourth-order valence-electron chi connectivity index (χ4n) is 4.57. The van der Waals surface area contributed by atoms with Gasteiger partial charge in [-0.25, -0.2) is 4.79 Å². The van der Waals surface area contributed by atoms with E-state index in [-0.39, 0.29) is 0 Å². The molecule has 4 rings (SSSR count). The lowest BCUT2D eigenvalue weighted by molar-refractivity contribution is -0.150. The summed E-state index contributed by atoms with van der Waals surface area (Å²) in [6.07, 6.45) is 3.41. The van der Waals surface area contributed by atoms with Crippen molar-refractivity contribution >= 4 is 5.97 Å². The van der Waals surface area contributed by atoms with Crippen LogP contribution in [0.4, 0.5) is 0 Å². The highest BCUT2D eigenvalue weighted by Crippen LogP contribution is 2.46. The normalized spacial score (nSPS) is 13.4. The Bertz CT molecular complexity index is 1010. The first-order valence-corrected chi connectivity index (χ1v) is 11.9. The van der Waals surface area contributed by atoms with Gasteiger partial charge >= 0.3 is 5.97 Å². The van der Waals surface area contributed by atoms with Crippen LogP contribution in [-0.2, 0) is 16.0 Å². The first-order chi connectivity index (χ1) is 16.2. The number of carbonyl (C=O) groups is 1. The minimum Gasteiger partial charge on any atom is -0.494 e. The Balaban J connectivity index is 1.28. The van der Waals surface area contributed by atoms with Crippen molar-refractivity contribution in [2.45, 2.75) is 51.0 Å². The molecule has 1 atom stereocenters. The molecule has 1 N–H and O–H groups in total. The summed E-state index contributed by atoms with van der Waals surface area (Å²) in [5.41, 5.74) is 6.47. The number of rotatable bonds is 12. The second kappa shape index (κ2) is 11.2. The van der Waals surface area contributed by atoms with Gasteiger partial charge in [0.1, 0.15) is 5.75 Å². The zero-order valence-corrected chi connectivity index (χ0v) is 19.2. The Hall–Kier alpha value is -3.11. The highest BCUT2D eigenvalue weighted by Gasteiger charge is 2.27. The van der Waals surface area contributed by atoms with Crippen LogP contribution < -0.4 is 4.74 Å². The summed E-state index contributed by atoms with van der Waals surface area (Å²) in [4.78, 5) is 11.5. The van der Waals surface area contributed by atoms with E-state index in [2.05, 4.69) is 55.5 Å². The van der Waals surface area contributed by atoms with Gasteiger partial charge in [-0.15, -0.1) is 0 Å². The van der Waals surface area contributed by atoms with Gasteiger partial charge in [0, 0.05) is 18.9 Å². The topological polar surface area (TPSA) is 55.8 Å². The Labute approximate surface area is 196 Å². The van der Waals surface area contributed by atoms with E-state index in [4.69, 9.17) is 9.47 Å². The number of carboxylic acid groups (broad SMARTS) is 1. The quantitative estimate of drug-likeness (QED) is 0.325. The Kier molecular flexibility index (Phi) is 7.79. The van der Waals surface area contributed by atoms with E-state index in [1.807, 2.05) is 24.3 Å². The van der Waals surface area contributed by atoms with Crippen LogP contribution in [-0.4, -0.2) is 30.4 Å². The molecule has 1 aliphatic rings. The van der Waals surface area contributed by atoms with Gasteiger partial charge in [-0.2, -0.15) is 0 Å². The van der Waals surface area contributed by atoms with Crippen molar-refractivity contribution in [3.05, 3.63) is 89.5 Å². The fourth-order valence-corrected chi connectivity index (χ4v) is 4.57. The lowest BCUT2D eigenvalue weighted by Crippen LogP contribution is -2.26. The maximum absolute atomic E-state index is 11.5. The number of ether oxygens (including phenoxy) is 2. The zero-order valence-electron chi connectivity index (χ0n) is 19.2. The molecule has 0 aliphatic heterocycles. The maximum Gasteiger partial charge on any atom is 0.333 e. The standard InChI is InChI=1S/C29H32O4/c1-2-3-18-33-28(29(30)31)20-21-14-16-22(17-15-21)32-19-8-13-27-25-11-6-4-9-23(25)24-10-5-7-12-26(24)27/h4-7,9-12,14-17,27-28H,2-3,8,13,18-20H2,1H3,(H,30,31). The summed E-state index contributed by atoms with van der Waals surface area (Å²) in [5, 5.41) is 9.39. The SMILES string of the molecule is CCCCOC(Cc1ccc(OCCCC2c3ccccc3-c3ccccc32)cc1)C(=O)O. The molecule has 1 aliphatic carbocycles. The van der Waals surface area contributed by atoms with Crippen LogP contribution in [0.1, 0.15) is 55.2 Å². The molecule has 4 nitrogen and oxygen atoms in total. The lowest BCUT2D eigenvalue weighted by atomic mass is 9.92.